The topological polar surface area (TPSA) is 330 Å². The van der Waals surface area contributed by atoms with Crippen molar-refractivity contribution in [1.29, 1.82) is 0 Å². The van der Waals surface area contributed by atoms with Crippen molar-refractivity contribution in [3.63, 3.8) is 0 Å². The molecule has 0 aliphatic rings. The van der Waals surface area contributed by atoms with Crippen molar-refractivity contribution in [3.8, 4) is 0 Å². The summed E-state index contributed by atoms with van der Waals surface area (Å²) in [7, 11) is -9.49. The fourth-order valence-electron chi connectivity index (χ4n) is 10.3. The number of unbranched alkanes of at least 4 members (excludes halogenated alkanes) is 25. The molecule has 0 aromatic heterocycles. The number of carbonyl (C=O) groups excluding carboxylic acids is 6. The molecule has 0 radical (unpaired) electrons. The first kappa shape index (κ1) is 91.8. The lowest BCUT2D eigenvalue weighted by atomic mass is 10.0. The largest absolute Gasteiger partial charge is 0.472 e. The van der Waals surface area contributed by atoms with E-state index in [0.717, 1.165) is 135 Å². The van der Waals surface area contributed by atoms with Crippen LogP contribution in [0.3, 0.4) is 0 Å². The quantitative estimate of drug-likeness (QED) is 0.00922. The maximum Gasteiger partial charge on any atom is 0.472 e. The van der Waals surface area contributed by atoms with Crippen molar-refractivity contribution in [2.75, 3.05) is 65.9 Å². The Morgan fingerprint density at radius 1 is 0.400 bits per heavy atom. The van der Waals surface area contributed by atoms with E-state index >= 15 is 0 Å². The third kappa shape index (κ3) is 62.8. The number of hydrogen-bond acceptors (Lipinski definition) is 17. The van der Waals surface area contributed by atoms with E-state index < -0.39 is 96.1 Å². The number of phosphoric acid groups is 2. The van der Waals surface area contributed by atoms with Crippen LogP contribution in [0.25, 0.3) is 0 Å². The van der Waals surface area contributed by atoms with Gasteiger partial charge in [-0.05, 0) is 70.6 Å². The number of allylic oxidation sites excluding steroid dienone is 2. The van der Waals surface area contributed by atoms with E-state index in [9.17, 15) is 57.9 Å². The molecule has 0 heterocycles. The number of hydrogen-bond donors (Lipinski definition) is 8. The summed E-state index contributed by atoms with van der Waals surface area (Å²) in [4.78, 5) is 98.5. The summed E-state index contributed by atoms with van der Waals surface area (Å²) in [6.45, 7) is 8.41. The summed E-state index contributed by atoms with van der Waals surface area (Å²) >= 11 is 0. The fraction of sp³-hybridized carbons (Fsp3) is 0.886. The van der Waals surface area contributed by atoms with Crippen LogP contribution >= 0.6 is 15.6 Å². The van der Waals surface area contributed by atoms with Gasteiger partial charge in [-0.1, -0.05) is 207 Å². The number of esters is 1. The Hall–Kier alpha value is -3.18. The van der Waals surface area contributed by atoms with Crippen molar-refractivity contribution in [1.82, 2.24) is 21.3 Å². The van der Waals surface area contributed by atoms with Gasteiger partial charge in [0.2, 0.25) is 23.6 Å². The van der Waals surface area contributed by atoms with Crippen LogP contribution in [0.4, 0.5) is 0 Å². The lowest BCUT2D eigenvalue weighted by molar-refractivity contribution is -0.151. The maximum absolute atomic E-state index is 13.6. The zero-order valence-electron chi connectivity index (χ0n) is 59.6. The zero-order valence-corrected chi connectivity index (χ0v) is 61.4. The van der Waals surface area contributed by atoms with E-state index in [4.69, 9.17) is 32.3 Å². The predicted octanol–water partition coefficient (Wildman–Crippen LogP) is 13.7. The minimum atomic E-state index is -4.76. The normalized spacial score (nSPS) is 14.5. The van der Waals surface area contributed by atoms with Gasteiger partial charge in [0, 0.05) is 52.0 Å². The fourth-order valence-corrected chi connectivity index (χ4v) is 11.9. The summed E-state index contributed by atoms with van der Waals surface area (Å²) in [6, 6.07) is -1.88. The molecule has 8 N–H and O–H groups in total. The third-order valence-electron chi connectivity index (χ3n) is 16.1. The van der Waals surface area contributed by atoms with Gasteiger partial charge in [-0.15, -0.1) is 0 Å². The van der Waals surface area contributed by atoms with Crippen LogP contribution in [0.5, 0.6) is 0 Å². The van der Waals surface area contributed by atoms with Gasteiger partial charge >= 0.3 is 21.6 Å². The van der Waals surface area contributed by atoms with Crippen LogP contribution in [-0.2, 0) is 70.2 Å². The van der Waals surface area contributed by atoms with Gasteiger partial charge in [0.1, 0.15) is 11.9 Å². The molecule has 0 aliphatic heterocycles. The number of amides is 4. The second-order valence-electron chi connectivity index (χ2n) is 25.4. The lowest BCUT2D eigenvalue weighted by Crippen LogP contribution is -2.43. The number of aliphatic hydroxyl groups excluding tert-OH is 2. The van der Waals surface area contributed by atoms with Gasteiger partial charge in [-0.2, -0.15) is 0 Å². The van der Waals surface area contributed by atoms with Gasteiger partial charge in [0.05, 0.1) is 76.8 Å². The Bertz CT molecular complexity index is 2040. The molecule has 0 fully saturated rings. The Kier molecular flexibility index (Phi) is 62.1. The summed E-state index contributed by atoms with van der Waals surface area (Å²) in [5.74, 6) is -2.83. The number of Topliss-reactive ketones (excluding diaryl/α,β-unsaturated/α-hetero) is 1. The third-order valence-corrected chi connectivity index (χ3v) is 18.0. The van der Waals surface area contributed by atoms with Crippen LogP contribution in [0.1, 0.15) is 304 Å². The minimum absolute atomic E-state index is 0.132. The number of nitrogens with one attached hydrogen (secondary N) is 4. The van der Waals surface area contributed by atoms with Gasteiger partial charge in [0.25, 0.3) is 0 Å². The number of rotatable bonds is 71. The van der Waals surface area contributed by atoms with Gasteiger partial charge < -0.3 is 55.5 Å². The molecule has 0 aromatic carbocycles. The minimum Gasteiger partial charge on any atom is -0.462 e. The van der Waals surface area contributed by atoms with Crippen LogP contribution in [0.15, 0.2) is 12.2 Å². The molecule has 558 valence electrons. The van der Waals surface area contributed by atoms with Gasteiger partial charge in [-0.25, -0.2) is 9.13 Å². The molecule has 6 unspecified atom stereocenters. The number of aliphatic hydroxyl groups is 2. The van der Waals surface area contributed by atoms with E-state index in [1.165, 1.54) is 51.4 Å². The number of ketones is 1. The second kappa shape index (κ2) is 64.2. The molecule has 0 saturated carbocycles. The van der Waals surface area contributed by atoms with Crippen LogP contribution < -0.4 is 21.3 Å². The summed E-state index contributed by atoms with van der Waals surface area (Å²) in [6.07, 6.45) is 36.7. The van der Waals surface area contributed by atoms with Crippen molar-refractivity contribution >= 4 is 51.0 Å². The highest BCUT2D eigenvalue weighted by atomic mass is 31.2. The van der Waals surface area contributed by atoms with Gasteiger partial charge in [0.15, 0.2) is 0 Å². The van der Waals surface area contributed by atoms with Gasteiger partial charge in [-0.3, -0.25) is 46.9 Å². The van der Waals surface area contributed by atoms with Crippen molar-refractivity contribution in [2.24, 2.45) is 0 Å². The molecule has 95 heavy (non-hydrogen) atoms. The molecule has 0 aromatic rings. The van der Waals surface area contributed by atoms with Crippen LogP contribution in [-0.4, -0.2) is 152 Å². The monoisotopic (exact) mass is 1400 g/mol. The highest BCUT2D eigenvalue weighted by molar-refractivity contribution is 7.47. The lowest BCUT2D eigenvalue weighted by Gasteiger charge is -2.23. The molecular weight excluding hydrogens is 1260 g/mol. The van der Waals surface area contributed by atoms with E-state index in [1.54, 1.807) is 0 Å². The average Bonchev–Trinajstić information content (AvgIpc) is 1.40. The van der Waals surface area contributed by atoms with Crippen molar-refractivity contribution in [2.45, 2.75) is 335 Å². The number of carbonyl (C=O) groups is 6. The summed E-state index contributed by atoms with van der Waals surface area (Å²) in [5, 5.41) is 31.4. The van der Waals surface area contributed by atoms with E-state index in [1.807, 2.05) is 0 Å². The average molecular weight is 1400 g/mol. The molecule has 0 bridgehead atoms. The number of phosphoric ester groups is 2. The van der Waals surface area contributed by atoms with Crippen molar-refractivity contribution in [3.05, 3.63) is 12.2 Å². The Morgan fingerprint density at radius 3 is 1.24 bits per heavy atom. The Balaban J connectivity index is 5.29. The summed E-state index contributed by atoms with van der Waals surface area (Å²) in [5.41, 5.74) is 0. The van der Waals surface area contributed by atoms with Crippen LogP contribution in [0.2, 0.25) is 0 Å². The highest BCUT2D eigenvalue weighted by Crippen LogP contribution is 2.43. The smallest absolute Gasteiger partial charge is 0.462 e. The molecule has 0 aliphatic carbocycles. The molecular formula is C70H134N4O19P2. The van der Waals surface area contributed by atoms with Crippen LogP contribution in [0, 0.1) is 0 Å². The van der Waals surface area contributed by atoms with Crippen molar-refractivity contribution < 1.29 is 90.2 Å². The van der Waals surface area contributed by atoms with E-state index in [0.29, 0.717) is 44.9 Å². The van der Waals surface area contributed by atoms with E-state index in [-0.39, 0.29) is 89.8 Å². The predicted molar refractivity (Wildman–Crippen MR) is 373 cm³/mol. The SMILES string of the molecule is CCCCCC/C=C\CCCC(=O)O[C@H](CCCCCCC)CC(=O)NC(COCCC(O)CCCCCCC)COP(=O)(O)OCCNC(=O)CCC(=O)NCCOP(=O)(O)OCC(COCCC(O)CCCCCCC)NC(=O)CC(=O)CCCCCCCCCCC. The first-order valence-corrected chi connectivity index (χ1v) is 40.0. The second-order valence-corrected chi connectivity index (χ2v) is 28.3. The summed E-state index contributed by atoms with van der Waals surface area (Å²) < 4.78 is 64.0. The molecule has 0 saturated heterocycles. The first-order chi connectivity index (χ1) is 45.8. The number of ether oxygens (including phenoxy) is 3. The molecule has 0 rings (SSSR count). The maximum atomic E-state index is 13.6. The molecule has 0 spiro atoms. The molecule has 4 amide bonds. The standard InChI is InChI=1S/C70H134N4O19P2/c1-6-11-16-21-23-25-27-32-36-41-64(77)54-68(80)73-60(56-87-50-46-62(75)39-34-29-18-13-8-3)58-91-94(83,84)89-52-48-71-66(78)44-45-67(79)72-49-53-90-95(85,86)92-59-61(57-88-51-47-63(76)40-35-30-19-14-9-4)74-69(81)55-65(42-37-31-20-15-10-5)93-70(82)43-38-33-28-26-24-22-17-12-7-2/h26,28,60-63,65,75-76H,6-25,27,29-59H2,1-5H3,(H,71,78)(H,72,79)(H,73,80)(H,74,81)(H,83,84)(H,85,86)/b28-26-/t60?,61?,62?,63?,65-/m1/s1. The zero-order chi connectivity index (χ0) is 70.3. The molecule has 23 nitrogen and oxygen atoms in total. The first-order valence-electron chi connectivity index (χ1n) is 37.0. The van der Waals surface area contributed by atoms with E-state index in [2.05, 4.69) is 68.0 Å². The molecule has 7 atom stereocenters. The Labute approximate surface area is 572 Å². The molecule has 25 heteroatoms. The Morgan fingerprint density at radius 2 is 0.789 bits per heavy atom. The highest BCUT2D eigenvalue weighted by Gasteiger charge is 2.28.